The molecule has 0 aromatic heterocycles. The molecule has 0 fully saturated rings. The minimum absolute atomic E-state index is 0.0697. The van der Waals surface area contributed by atoms with E-state index in [-0.39, 0.29) is 11.3 Å². The van der Waals surface area contributed by atoms with Gasteiger partial charge in [-0.25, -0.2) is 4.39 Å². The molecule has 0 saturated heterocycles. The summed E-state index contributed by atoms with van der Waals surface area (Å²) < 4.78 is 20.1. The molecular formula is C15H12FIO2. The van der Waals surface area contributed by atoms with Crippen LogP contribution in [0.3, 0.4) is 0 Å². The predicted octanol–water partition coefficient (Wildman–Crippen LogP) is 3.98. The predicted molar refractivity (Wildman–Crippen MR) is 80.3 cm³/mol. The molecule has 2 nitrogen and oxygen atoms in total. The number of hydrogen-bond donors (Lipinski definition) is 0. The zero-order valence-electron chi connectivity index (χ0n) is 10.5. The Bertz CT molecular complexity index is 638. The Balaban J connectivity index is 2.56. The van der Waals surface area contributed by atoms with Crippen molar-refractivity contribution in [2.75, 3.05) is 7.11 Å². The minimum Gasteiger partial charge on any atom is -0.496 e. The number of aryl methyl sites for hydroxylation is 1. The maximum atomic E-state index is 14.0. The van der Waals surface area contributed by atoms with Crippen LogP contribution in [-0.2, 0) is 0 Å². The molecule has 0 aliphatic carbocycles. The summed E-state index contributed by atoms with van der Waals surface area (Å²) in [5.41, 5.74) is 0.898. The second-order valence-corrected chi connectivity index (χ2v) is 5.36. The van der Waals surface area contributed by atoms with Gasteiger partial charge in [0.1, 0.15) is 11.6 Å². The average molecular weight is 370 g/mol. The minimum atomic E-state index is -0.478. The van der Waals surface area contributed by atoms with Crippen LogP contribution in [-0.4, -0.2) is 12.9 Å². The van der Waals surface area contributed by atoms with Crippen LogP contribution in [0.2, 0.25) is 0 Å². The van der Waals surface area contributed by atoms with Gasteiger partial charge >= 0.3 is 0 Å². The third-order valence-corrected chi connectivity index (χ3v) is 3.51. The van der Waals surface area contributed by atoms with Gasteiger partial charge in [-0.1, -0.05) is 12.1 Å². The fraction of sp³-hybridized carbons (Fsp3) is 0.133. The molecule has 0 amide bonds. The van der Waals surface area contributed by atoms with Crippen LogP contribution in [0.1, 0.15) is 21.5 Å². The van der Waals surface area contributed by atoms with E-state index in [2.05, 4.69) is 22.6 Å². The number of hydrogen-bond acceptors (Lipinski definition) is 2. The zero-order valence-corrected chi connectivity index (χ0v) is 12.7. The lowest BCUT2D eigenvalue weighted by molar-refractivity contribution is 0.103. The molecule has 0 heterocycles. The fourth-order valence-electron chi connectivity index (χ4n) is 1.83. The third kappa shape index (κ3) is 2.78. The third-order valence-electron chi connectivity index (χ3n) is 2.84. The zero-order chi connectivity index (χ0) is 14.0. The van der Waals surface area contributed by atoms with Gasteiger partial charge in [0.2, 0.25) is 0 Å². The highest BCUT2D eigenvalue weighted by molar-refractivity contribution is 14.1. The Morgan fingerprint density at radius 3 is 2.63 bits per heavy atom. The topological polar surface area (TPSA) is 26.3 Å². The van der Waals surface area contributed by atoms with Crippen molar-refractivity contribution in [3.8, 4) is 5.75 Å². The highest BCUT2D eigenvalue weighted by Crippen LogP contribution is 2.25. The molecule has 0 N–H and O–H groups in total. The van der Waals surface area contributed by atoms with Crippen LogP contribution >= 0.6 is 22.6 Å². The lowest BCUT2D eigenvalue weighted by Gasteiger charge is -2.09. The van der Waals surface area contributed by atoms with Crippen LogP contribution in [0, 0.1) is 16.3 Å². The quantitative estimate of drug-likeness (QED) is 0.604. The van der Waals surface area contributed by atoms with Gasteiger partial charge in [-0.05, 0) is 59.3 Å². The number of rotatable bonds is 3. The highest BCUT2D eigenvalue weighted by atomic mass is 127. The van der Waals surface area contributed by atoms with Crippen molar-refractivity contribution >= 4 is 28.4 Å². The first kappa shape index (κ1) is 14.0. The monoisotopic (exact) mass is 370 g/mol. The molecule has 0 saturated carbocycles. The summed E-state index contributed by atoms with van der Waals surface area (Å²) in [6.45, 7) is 1.64. The maximum Gasteiger partial charge on any atom is 0.199 e. The molecule has 4 heteroatoms. The van der Waals surface area contributed by atoms with Crippen molar-refractivity contribution in [2.45, 2.75) is 6.92 Å². The van der Waals surface area contributed by atoms with Gasteiger partial charge in [0.25, 0.3) is 0 Å². The van der Waals surface area contributed by atoms with Crippen molar-refractivity contribution < 1.29 is 13.9 Å². The molecule has 0 atom stereocenters. The molecule has 0 aliphatic rings. The van der Waals surface area contributed by atoms with Crippen LogP contribution < -0.4 is 4.74 Å². The van der Waals surface area contributed by atoms with E-state index in [9.17, 15) is 9.18 Å². The Hall–Kier alpha value is -1.43. The van der Waals surface area contributed by atoms with E-state index in [1.807, 2.05) is 6.07 Å². The molecule has 19 heavy (non-hydrogen) atoms. The summed E-state index contributed by atoms with van der Waals surface area (Å²) in [4.78, 5) is 12.4. The van der Waals surface area contributed by atoms with Crippen molar-refractivity contribution in [3.63, 3.8) is 0 Å². The molecule has 0 aliphatic heterocycles. The van der Waals surface area contributed by atoms with E-state index in [0.717, 1.165) is 3.57 Å². The Morgan fingerprint density at radius 1 is 1.21 bits per heavy atom. The summed E-state index contributed by atoms with van der Waals surface area (Å²) in [5.74, 6) is -0.392. The number of ketones is 1. The number of methoxy groups -OCH3 is 1. The number of halogens is 2. The van der Waals surface area contributed by atoms with E-state index in [4.69, 9.17) is 4.74 Å². The van der Waals surface area contributed by atoms with Gasteiger partial charge in [-0.2, -0.15) is 0 Å². The fourth-order valence-corrected chi connectivity index (χ4v) is 2.32. The molecule has 0 unspecified atom stereocenters. The van der Waals surface area contributed by atoms with E-state index in [0.29, 0.717) is 16.9 Å². The number of carbonyl (C=O) groups is 1. The first-order chi connectivity index (χ1) is 9.04. The van der Waals surface area contributed by atoms with Gasteiger partial charge in [0, 0.05) is 3.57 Å². The molecule has 98 valence electrons. The Kier molecular flexibility index (Phi) is 4.19. The smallest absolute Gasteiger partial charge is 0.199 e. The normalized spacial score (nSPS) is 10.3. The van der Waals surface area contributed by atoms with Crippen LogP contribution in [0.5, 0.6) is 5.75 Å². The maximum absolute atomic E-state index is 14.0. The summed E-state index contributed by atoms with van der Waals surface area (Å²) in [5, 5.41) is 0. The van der Waals surface area contributed by atoms with Gasteiger partial charge in [-0.3, -0.25) is 4.79 Å². The lowest BCUT2D eigenvalue weighted by atomic mass is 10.00. The molecule has 2 aromatic rings. The Morgan fingerprint density at radius 2 is 1.95 bits per heavy atom. The molecule has 0 spiro atoms. The first-order valence-corrected chi connectivity index (χ1v) is 6.76. The van der Waals surface area contributed by atoms with Crippen LogP contribution in [0.25, 0.3) is 0 Å². The van der Waals surface area contributed by atoms with Crippen molar-refractivity contribution in [3.05, 3.63) is 62.5 Å². The Labute approximate surface area is 124 Å². The summed E-state index contributed by atoms with van der Waals surface area (Å²) >= 11 is 2.10. The number of benzene rings is 2. The lowest BCUT2D eigenvalue weighted by Crippen LogP contribution is -2.07. The van der Waals surface area contributed by atoms with Gasteiger partial charge in [0.05, 0.1) is 18.2 Å². The SMILES string of the molecule is COc1ccc(I)cc1C(=O)c1cccc(C)c1F. The van der Waals surface area contributed by atoms with Gasteiger partial charge in [0.15, 0.2) is 5.78 Å². The van der Waals surface area contributed by atoms with E-state index < -0.39 is 5.82 Å². The molecular weight excluding hydrogens is 358 g/mol. The van der Waals surface area contributed by atoms with Crippen molar-refractivity contribution in [2.24, 2.45) is 0 Å². The molecule has 2 aromatic carbocycles. The highest BCUT2D eigenvalue weighted by Gasteiger charge is 2.19. The standard InChI is InChI=1S/C15H12FIO2/c1-9-4-3-5-11(14(9)16)15(18)12-8-10(17)6-7-13(12)19-2/h3-8H,1-2H3. The average Bonchev–Trinajstić information content (AvgIpc) is 2.41. The molecule has 0 bridgehead atoms. The van der Waals surface area contributed by atoms with Gasteiger partial charge < -0.3 is 4.74 Å². The second-order valence-electron chi connectivity index (χ2n) is 4.11. The largest absolute Gasteiger partial charge is 0.496 e. The van der Waals surface area contributed by atoms with Gasteiger partial charge in [-0.15, -0.1) is 0 Å². The van der Waals surface area contributed by atoms with E-state index in [1.54, 1.807) is 31.2 Å². The first-order valence-electron chi connectivity index (χ1n) is 5.68. The van der Waals surface area contributed by atoms with Crippen molar-refractivity contribution in [1.29, 1.82) is 0 Å². The number of ether oxygens (including phenoxy) is 1. The number of carbonyl (C=O) groups excluding carboxylic acids is 1. The molecule has 0 radical (unpaired) electrons. The summed E-state index contributed by atoms with van der Waals surface area (Å²) in [6, 6.07) is 10.0. The van der Waals surface area contributed by atoms with Crippen LogP contribution in [0.4, 0.5) is 4.39 Å². The van der Waals surface area contributed by atoms with E-state index in [1.165, 1.54) is 13.2 Å². The molecule has 2 rings (SSSR count). The summed E-state index contributed by atoms with van der Waals surface area (Å²) in [7, 11) is 1.49. The van der Waals surface area contributed by atoms with Crippen molar-refractivity contribution in [1.82, 2.24) is 0 Å². The summed E-state index contributed by atoms with van der Waals surface area (Å²) in [6.07, 6.45) is 0. The van der Waals surface area contributed by atoms with Crippen LogP contribution in [0.15, 0.2) is 36.4 Å². The van der Waals surface area contributed by atoms with E-state index >= 15 is 0 Å². The second kappa shape index (κ2) is 5.69.